The van der Waals surface area contributed by atoms with E-state index in [9.17, 15) is 4.79 Å². The number of carbonyl (C=O) groups is 1. The molecule has 0 N–H and O–H groups in total. The van der Waals surface area contributed by atoms with Crippen LogP contribution in [0.5, 0.6) is 5.75 Å². The number of rotatable bonds is 7. The van der Waals surface area contributed by atoms with E-state index in [0.717, 1.165) is 22.0 Å². The van der Waals surface area contributed by atoms with Crippen molar-refractivity contribution in [3.05, 3.63) is 59.1 Å². The number of hydrogen-bond donors (Lipinski definition) is 0. The molecule has 1 saturated heterocycles. The first-order chi connectivity index (χ1) is 15.1. The molecule has 1 aromatic heterocycles. The highest BCUT2D eigenvalue weighted by atomic mass is 35.5. The van der Waals surface area contributed by atoms with Crippen LogP contribution in [0.1, 0.15) is 18.4 Å². The van der Waals surface area contributed by atoms with Crippen molar-refractivity contribution in [2.45, 2.75) is 19.8 Å². The molecule has 1 aliphatic heterocycles. The number of halogens is 1. The highest BCUT2D eigenvalue weighted by molar-refractivity contribution is 6.31. The number of hydrogen-bond acceptors (Lipinski definition) is 6. The molecule has 4 rings (SSSR count). The van der Waals surface area contributed by atoms with Crippen LogP contribution in [0, 0.1) is 6.92 Å². The van der Waals surface area contributed by atoms with Gasteiger partial charge in [-0.25, -0.2) is 0 Å². The number of piperazine rings is 1. The molecule has 0 bridgehead atoms. The average molecular weight is 441 g/mol. The van der Waals surface area contributed by atoms with Gasteiger partial charge in [0.2, 0.25) is 11.9 Å². The molecule has 0 unspecified atom stereocenters. The smallest absolute Gasteiger partial charge is 0.250 e. The highest BCUT2D eigenvalue weighted by Gasteiger charge is 2.24. The second-order valence-electron chi connectivity index (χ2n) is 7.46. The van der Waals surface area contributed by atoms with Crippen LogP contribution in [0.2, 0.25) is 5.02 Å². The lowest BCUT2D eigenvalue weighted by Crippen LogP contribution is -2.49. The minimum absolute atomic E-state index is 0.151. The molecule has 0 aliphatic carbocycles. The molecular weight excluding hydrogens is 416 g/mol. The molecule has 0 atom stereocenters. The zero-order valence-corrected chi connectivity index (χ0v) is 18.2. The van der Waals surface area contributed by atoms with Gasteiger partial charge >= 0.3 is 0 Å². The Kier molecular flexibility index (Phi) is 6.66. The van der Waals surface area contributed by atoms with Gasteiger partial charge in [-0.05, 0) is 59.7 Å². The Bertz CT molecular complexity index is 1020. The summed E-state index contributed by atoms with van der Waals surface area (Å²) in [6, 6.07) is 15.4. The molecule has 2 heterocycles. The standard InChI is InChI=1S/C22H25ClN6O2/c1-17-16-19(9-10-20(17)23)31-15-5-8-21(30)27-11-13-28(14-12-27)22-24-25-26-29(22)18-6-3-2-4-7-18/h2-4,6-7,9-10,16H,5,8,11-15H2,1H3. The molecular formula is C22H25ClN6O2. The van der Waals surface area contributed by atoms with Gasteiger partial charge in [-0.2, -0.15) is 4.68 Å². The Labute approximate surface area is 186 Å². The van der Waals surface area contributed by atoms with Gasteiger partial charge in [-0.1, -0.05) is 34.9 Å². The van der Waals surface area contributed by atoms with Crippen LogP contribution in [-0.2, 0) is 4.79 Å². The zero-order valence-electron chi connectivity index (χ0n) is 17.4. The van der Waals surface area contributed by atoms with Gasteiger partial charge in [0, 0.05) is 37.6 Å². The molecule has 0 radical (unpaired) electrons. The fourth-order valence-corrected chi connectivity index (χ4v) is 3.67. The summed E-state index contributed by atoms with van der Waals surface area (Å²) in [6.45, 7) is 5.13. The molecule has 2 aromatic carbocycles. The van der Waals surface area contributed by atoms with Crippen molar-refractivity contribution in [1.82, 2.24) is 25.1 Å². The second kappa shape index (κ2) is 9.78. The number of carbonyl (C=O) groups excluding carboxylic acids is 1. The van der Waals surface area contributed by atoms with Crippen molar-refractivity contribution >= 4 is 23.5 Å². The second-order valence-corrected chi connectivity index (χ2v) is 7.86. The van der Waals surface area contributed by atoms with E-state index in [1.54, 1.807) is 4.68 Å². The highest BCUT2D eigenvalue weighted by Crippen LogP contribution is 2.21. The van der Waals surface area contributed by atoms with E-state index in [2.05, 4.69) is 20.4 Å². The van der Waals surface area contributed by atoms with Crippen molar-refractivity contribution < 1.29 is 9.53 Å². The van der Waals surface area contributed by atoms with Gasteiger partial charge in [-0.15, -0.1) is 0 Å². The Hall–Kier alpha value is -3.13. The first kappa shape index (κ1) is 21.1. The first-order valence-corrected chi connectivity index (χ1v) is 10.7. The fraction of sp³-hybridized carbons (Fsp3) is 0.364. The summed E-state index contributed by atoms with van der Waals surface area (Å²) in [5.74, 6) is 1.63. The van der Waals surface area contributed by atoms with E-state index in [1.807, 2.05) is 60.4 Å². The third kappa shape index (κ3) is 5.14. The normalized spacial score (nSPS) is 14.0. The van der Waals surface area contributed by atoms with Gasteiger partial charge in [0.05, 0.1) is 12.3 Å². The maximum absolute atomic E-state index is 12.6. The summed E-state index contributed by atoms with van der Waals surface area (Å²) in [4.78, 5) is 16.6. The Morgan fingerprint density at radius 1 is 1.10 bits per heavy atom. The quantitative estimate of drug-likeness (QED) is 0.525. The molecule has 1 aliphatic rings. The number of benzene rings is 2. The van der Waals surface area contributed by atoms with Crippen LogP contribution in [0.15, 0.2) is 48.5 Å². The predicted molar refractivity (Wildman–Crippen MR) is 119 cm³/mol. The summed E-state index contributed by atoms with van der Waals surface area (Å²) in [5.41, 5.74) is 1.89. The maximum Gasteiger partial charge on any atom is 0.250 e. The molecule has 8 nitrogen and oxygen atoms in total. The summed E-state index contributed by atoms with van der Waals surface area (Å²) >= 11 is 6.03. The van der Waals surface area contributed by atoms with Crippen LogP contribution >= 0.6 is 11.6 Å². The molecule has 1 amide bonds. The van der Waals surface area contributed by atoms with Crippen LogP contribution < -0.4 is 9.64 Å². The zero-order chi connectivity index (χ0) is 21.6. The molecule has 9 heteroatoms. The van der Waals surface area contributed by atoms with Gasteiger partial charge in [0.25, 0.3) is 0 Å². The number of tetrazole rings is 1. The number of amides is 1. The SMILES string of the molecule is Cc1cc(OCCCC(=O)N2CCN(c3nnnn3-c3ccccc3)CC2)ccc1Cl. The number of ether oxygens (including phenoxy) is 1. The first-order valence-electron chi connectivity index (χ1n) is 10.4. The lowest BCUT2D eigenvalue weighted by atomic mass is 10.2. The minimum Gasteiger partial charge on any atom is -0.494 e. The minimum atomic E-state index is 0.151. The van der Waals surface area contributed by atoms with Crippen molar-refractivity contribution in [2.75, 3.05) is 37.7 Å². The van der Waals surface area contributed by atoms with Crippen LogP contribution in [0.25, 0.3) is 5.69 Å². The summed E-state index contributed by atoms with van der Waals surface area (Å²) in [7, 11) is 0. The van der Waals surface area contributed by atoms with E-state index >= 15 is 0 Å². The number of anilines is 1. The van der Waals surface area contributed by atoms with E-state index in [4.69, 9.17) is 16.3 Å². The maximum atomic E-state index is 12.6. The number of aromatic nitrogens is 4. The van der Waals surface area contributed by atoms with Crippen molar-refractivity contribution in [3.63, 3.8) is 0 Å². The molecule has 1 fully saturated rings. The third-order valence-corrected chi connectivity index (χ3v) is 5.73. The topological polar surface area (TPSA) is 76.4 Å². The van der Waals surface area contributed by atoms with Crippen LogP contribution in [0.3, 0.4) is 0 Å². The summed E-state index contributed by atoms with van der Waals surface area (Å²) in [5, 5.41) is 12.9. The van der Waals surface area contributed by atoms with Crippen molar-refractivity contribution in [2.24, 2.45) is 0 Å². The van der Waals surface area contributed by atoms with Crippen LogP contribution in [-0.4, -0.2) is 63.8 Å². The summed E-state index contributed by atoms with van der Waals surface area (Å²) in [6.07, 6.45) is 1.14. The molecule has 31 heavy (non-hydrogen) atoms. The van der Waals surface area contributed by atoms with E-state index in [1.165, 1.54) is 0 Å². The number of aryl methyl sites for hydroxylation is 1. The van der Waals surface area contributed by atoms with Gasteiger partial charge in [-0.3, -0.25) is 4.79 Å². The van der Waals surface area contributed by atoms with E-state index in [0.29, 0.717) is 51.6 Å². The van der Waals surface area contributed by atoms with E-state index < -0.39 is 0 Å². The summed E-state index contributed by atoms with van der Waals surface area (Å²) < 4.78 is 7.47. The average Bonchev–Trinajstić information content (AvgIpc) is 3.29. The largest absolute Gasteiger partial charge is 0.494 e. The molecule has 0 spiro atoms. The Balaban J connectivity index is 1.23. The van der Waals surface area contributed by atoms with Crippen molar-refractivity contribution in [1.29, 1.82) is 0 Å². The monoisotopic (exact) mass is 440 g/mol. The number of nitrogens with zero attached hydrogens (tertiary/aromatic N) is 6. The van der Waals surface area contributed by atoms with Gasteiger partial charge in [0.15, 0.2) is 0 Å². The molecule has 3 aromatic rings. The van der Waals surface area contributed by atoms with E-state index in [-0.39, 0.29) is 5.91 Å². The lowest BCUT2D eigenvalue weighted by Gasteiger charge is -2.34. The predicted octanol–water partition coefficient (Wildman–Crippen LogP) is 3.13. The van der Waals surface area contributed by atoms with Gasteiger partial charge in [0.1, 0.15) is 5.75 Å². The molecule has 162 valence electrons. The fourth-order valence-electron chi connectivity index (χ4n) is 3.55. The Morgan fingerprint density at radius 2 is 1.87 bits per heavy atom. The van der Waals surface area contributed by atoms with Crippen molar-refractivity contribution in [3.8, 4) is 11.4 Å². The third-order valence-electron chi connectivity index (χ3n) is 5.30. The van der Waals surface area contributed by atoms with Crippen LogP contribution in [0.4, 0.5) is 5.95 Å². The Morgan fingerprint density at radius 3 is 2.61 bits per heavy atom. The molecule has 0 saturated carbocycles. The number of para-hydroxylation sites is 1. The van der Waals surface area contributed by atoms with Gasteiger partial charge < -0.3 is 14.5 Å². The lowest BCUT2D eigenvalue weighted by molar-refractivity contribution is -0.131.